The fourth-order valence-corrected chi connectivity index (χ4v) is 4.52. The van der Waals surface area contributed by atoms with Gasteiger partial charge in [-0.25, -0.2) is 4.98 Å². The molecule has 6 heteroatoms. The van der Waals surface area contributed by atoms with Gasteiger partial charge in [-0.1, -0.05) is 36.4 Å². The van der Waals surface area contributed by atoms with E-state index in [0.29, 0.717) is 6.42 Å². The SMILES string of the molecule is CCN1CCN(Cc2cccnc2NC)C[C@@H](Cc2ccccc2-c2cccnc2)C1=O. The third-order valence-electron chi connectivity index (χ3n) is 6.19. The molecular weight excluding hydrogens is 398 g/mol. The van der Waals surface area contributed by atoms with Crippen LogP contribution in [0.4, 0.5) is 5.82 Å². The van der Waals surface area contributed by atoms with Crippen molar-refractivity contribution in [2.75, 3.05) is 38.5 Å². The highest BCUT2D eigenvalue weighted by Gasteiger charge is 2.30. The molecule has 6 nitrogen and oxygen atoms in total. The highest BCUT2D eigenvalue weighted by molar-refractivity contribution is 5.80. The first-order chi connectivity index (χ1) is 15.7. The summed E-state index contributed by atoms with van der Waals surface area (Å²) in [5.41, 5.74) is 4.58. The molecule has 0 bridgehead atoms. The summed E-state index contributed by atoms with van der Waals surface area (Å²) in [6.45, 7) is 5.92. The number of nitrogens with one attached hydrogen (secondary N) is 1. The minimum absolute atomic E-state index is 0.0926. The summed E-state index contributed by atoms with van der Waals surface area (Å²) in [4.78, 5) is 26.5. The Morgan fingerprint density at radius 2 is 1.84 bits per heavy atom. The number of anilines is 1. The number of carbonyl (C=O) groups is 1. The van der Waals surface area contributed by atoms with E-state index in [1.807, 2.05) is 36.3 Å². The van der Waals surface area contributed by atoms with Gasteiger partial charge < -0.3 is 10.2 Å². The van der Waals surface area contributed by atoms with Crippen molar-refractivity contribution in [1.82, 2.24) is 19.8 Å². The Morgan fingerprint density at radius 3 is 2.62 bits per heavy atom. The summed E-state index contributed by atoms with van der Waals surface area (Å²) in [5, 5.41) is 3.19. The van der Waals surface area contributed by atoms with E-state index >= 15 is 0 Å². The van der Waals surface area contributed by atoms with Gasteiger partial charge in [0.1, 0.15) is 5.82 Å². The van der Waals surface area contributed by atoms with Crippen LogP contribution < -0.4 is 5.32 Å². The molecule has 0 unspecified atom stereocenters. The zero-order valence-corrected chi connectivity index (χ0v) is 18.9. The van der Waals surface area contributed by atoms with Crippen molar-refractivity contribution in [3.05, 3.63) is 78.2 Å². The van der Waals surface area contributed by atoms with Crippen molar-refractivity contribution < 1.29 is 4.79 Å². The average Bonchev–Trinajstić information content (AvgIpc) is 2.98. The molecule has 0 saturated carbocycles. The number of hydrogen-bond acceptors (Lipinski definition) is 5. The highest BCUT2D eigenvalue weighted by atomic mass is 16.2. The molecule has 1 aromatic carbocycles. The summed E-state index contributed by atoms with van der Waals surface area (Å²) < 4.78 is 0. The van der Waals surface area contributed by atoms with Crippen LogP contribution in [-0.2, 0) is 17.8 Å². The van der Waals surface area contributed by atoms with Crippen molar-refractivity contribution in [3.8, 4) is 11.1 Å². The molecule has 1 N–H and O–H groups in total. The van der Waals surface area contributed by atoms with Gasteiger partial charge in [-0.3, -0.25) is 14.7 Å². The number of hydrogen-bond donors (Lipinski definition) is 1. The summed E-state index contributed by atoms with van der Waals surface area (Å²) in [5.74, 6) is 1.05. The van der Waals surface area contributed by atoms with Crippen LogP contribution >= 0.6 is 0 Å². The monoisotopic (exact) mass is 429 g/mol. The van der Waals surface area contributed by atoms with E-state index in [-0.39, 0.29) is 11.8 Å². The Kier molecular flexibility index (Phi) is 7.12. The van der Waals surface area contributed by atoms with Crippen LogP contribution in [0.15, 0.2) is 67.1 Å². The van der Waals surface area contributed by atoms with Crippen molar-refractivity contribution in [3.63, 3.8) is 0 Å². The number of amides is 1. The van der Waals surface area contributed by atoms with Gasteiger partial charge in [0.25, 0.3) is 0 Å². The van der Waals surface area contributed by atoms with Crippen molar-refractivity contribution in [1.29, 1.82) is 0 Å². The largest absolute Gasteiger partial charge is 0.373 e. The van der Waals surface area contributed by atoms with Crippen molar-refractivity contribution in [2.45, 2.75) is 19.9 Å². The number of carbonyl (C=O) groups excluding carboxylic acids is 1. The second-order valence-electron chi connectivity index (χ2n) is 8.21. The van der Waals surface area contributed by atoms with Gasteiger partial charge in [0.15, 0.2) is 0 Å². The number of aromatic nitrogens is 2. The van der Waals surface area contributed by atoms with Gasteiger partial charge >= 0.3 is 0 Å². The molecule has 32 heavy (non-hydrogen) atoms. The Morgan fingerprint density at radius 1 is 1.03 bits per heavy atom. The predicted molar refractivity (Wildman–Crippen MR) is 128 cm³/mol. The maximum Gasteiger partial charge on any atom is 0.227 e. The van der Waals surface area contributed by atoms with Crippen LogP contribution in [-0.4, -0.2) is 58.9 Å². The molecule has 2 aromatic heterocycles. The lowest BCUT2D eigenvalue weighted by atomic mass is 9.91. The minimum atomic E-state index is -0.0926. The minimum Gasteiger partial charge on any atom is -0.373 e. The second kappa shape index (κ2) is 10.4. The number of nitrogens with zero attached hydrogens (tertiary/aromatic N) is 4. The maximum atomic E-state index is 13.4. The number of benzene rings is 1. The molecule has 0 radical (unpaired) electrons. The first-order valence-electron chi connectivity index (χ1n) is 11.3. The molecule has 3 aromatic rings. The summed E-state index contributed by atoms with van der Waals surface area (Å²) in [6, 6.07) is 16.5. The van der Waals surface area contributed by atoms with Crippen LogP contribution in [0.1, 0.15) is 18.1 Å². The van der Waals surface area contributed by atoms with Gasteiger partial charge in [-0.2, -0.15) is 0 Å². The van der Waals surface area contributed by atoms with Crippen molar-refractivity contribution >= 4 is 11.7 Å². The lowest BCUT2D eigenvalue weighted by Gasteiger charge is -2.24. The zero-order valence-electron chi connectivity index (χ0n) is 18.9. The Balaban J connectivity index is 1.60. The van der Waals surface area contributed by atoms with Crippen molar-refractivity contribution in [2.24, 2.45) is 5.92 Å². The molecule has 1 saturated heterocycles. The number of rotatable bonds is 7. The van der Waals surface area contributed by atoms with Gasteiger partial charge in [0.2, 0.25) is 5.91 Å². The highest BCUT2D eigenvalue weighted by Crippen LogP contribution is 2.27. The van der Waals surface area contributed by atoms with E-state index in [2.05, 4.69) is 57.4 Å². The fraction of sp³-hybridized carbons (Fsp3) is 0.346. The van der Waals surface area contributed by atoms with Crippen LogP contribution in [0.3, 0.4) is 0 Å². The average molecular weight is 430 g/mol. The molecule has 166 valence electrons. The lowest BCUT2D eigenvalue weighted by Crippen LogP contribution is -2.37. The maximum absolute atomic E-state index is 13.4. The fourth-order valence-electron chi connectivity index (χ4n) is 4.52. The Bertz CT molecular complexity index is 1040. The normalized spacial score (nSPS) is 17.2. The smallest absolute Gasteiger partial charge is 0.227 e. The molecule has 4 rings (SSSR count). The Hall–Kier alpha value is -3.25. The van der Waals surface area contributed by atoms with E-state index in [1.165, 1.54) is 5.56 Å². The Labute approximate surface area is 190 Å². The van der Waals surface area contributed by atoms with Gasteiger partial charge in [0, 0.05) is 69.5 Å². The van der Waals surface area contributed by atoms with Crippen LogP contribution in [0.25, 0.3) is 11.1 Å². The summed E-state index contributed by atoms with van der Waals surface area (Å²) >= 11 is 0. The van der Waals surface area contributed by atoms with Crippen LogP contribution in [0.2, 0.25) is 0 Å². The summed E-state index contributed by atoms with van der Waals surface area (Å²) in [6.07, 6.45) is 6.19. The number of pyridine rings is 2. The van der Waals surface area contributed by atoms with E-state index in [1.54, 1.807) is 12.4 Å². The third-order valence-corrected chi connectivity index (χ3v) is 6.19. The first-order valence-corrected chi connectivity index (χ1v) is 11.3. The molecule has 1 aliphatic heterocycles. The lowest BCUT2D eigenvalue weighted by molar-refractivity contribution is -0.134. The summed E-state index contributed by atoms with van der Waals surface area (Å²) in [7, 11) is 1.90. The predicted octanol–water partition coefficient (Wildman–Crippen LogP) is 3.71. The molecule has 1 aliphatic rings. The van der Waals surface area contributed by atoms with Gasteiger partial charge in [-0.15, -0.1) is 0 Å². The molecule has 1 amide bonds. The van der Waals surface area contributed by atoms with E-state index < -0.39 is 0 Å². The topological polar surface area (TPSA) is 61.4 Å². The van der Waals surface area contributed by atoms with Crippen LogP contribution in [0, 0.1) is 5.92 Å². The standard InChI is InChI=1S/C26H31N5O/c1-3-31-15-14-30(18-22-10-7-13-29-25(22)27-2)19-23(26(31)32)16-20-8-4-5-11-24(20)21-9-6-12-28-17-21/h4-13,17,23H,3,14-16,18-19H2,1-2H3,(H,27,29)/t23-/m1/s1. The van der Waals surface area contributed by atoms with Gasteiger partial charge in [-0.05, 0) is 36.6 Å². The first kappa shape index (κ1) is 22.0. The zero-order chi connectivity index (χ0) is 22.3. The van der Waals surface area contributed by atoms with E-state index in [9.17, 15) is 4.79 Å². The van der Waals surface area contributed by atoms with Crippen LogP contribution in [0.5, 0.6) is 0 Å². The molecule has 1 atom stereocenters. The molecule has 1 fully saturated rings. The number of likely N-dealkylation sites (N-methyl/N-ethyl adjacent to an activating group) is 1. The quantitative estimate of drug-likeness (QED) is 0.620. The molecule has 0 aliphatic carbocycles. The molecule has 3 heterocycles. The van der Waals surface area contributed by atoms with E-state index in [4.69, 9.17) is 0 Å². The third kappa shape index (κ3) is 4.97. The molecule has 0 spiro atoms. The van der Waals surface area contributed by atoms with E-state index in [0.717, 1.165) is 55.2 Å². The molecular formula is C26H31N5O. The van der Waals surface area contributed by atoms with Gasteiger partial charge in [0.05, 0.1) is 5.92 Å². The second-order valence-corrected chi connectivity index (χ2v) is 8.21.